The Hall–Kier alpha value is -3.93. The van der Waals surface area contributed by atoms with Crippen molar-refractivity contribution in [3.8, 4) is 0 Å². The van der Waals surface area contributed by atoms with Crippen LogP contribution in [0.3, 0.4) is 0 Å². The van der Waals surface area contributed by atoms with Gasteiger partial charge in [0.25, 0.3) is 5.91 Å². The highest BCUT2D eigenvalue weighted by molar-refractivity contribution is 5.98. The van der Waals surface area contributed by atoms with E-state index in [-0.39, 0.29) is 17.7 Å². The topological polar surface area (TPSA) is 78.5 Å². The summed E-state index contributed by atoms with van der Waals surface area (Å²) in [4.78, 5) is 41.0. The first-order valence-electron chi connectivity index (χ1n) is 11.2. The lowest BCUT2D eigenvalue weighted by atomic mass is 10.0. The van der Waals surface area contributed by atoms with E-state index in [9.17, 15) is 14.4 Å². The first-order chi connectivity index (χ1) is 16.1. The number of carbonyl (C=O) groups excluding carboxylic acids is 3. The van der Waals surface area contributed by atoms with E-state index >= 15 is 0 Å². The van der Waals surface area contributed by atoms with Crippen LogP contribution in [0, 0.1) is 0 Å². The summed E-state index contributed by atoms with van der Waals surface area (Å²) in [5.41, 5.74) is 2.16. The molecule has 2 atom stereocenters. The maximum atomic E-state index is 13.6. The summed E-state index contributed by atoms with van der Waals surface area (Å²) >= 11 is 0. The third-order valence-corrected chi connectivity index (χ3v) is 5.84. The van der Waals surface area contributed by atoms with Crippen molar-refractivity contribution in [1.29, 1.82) is 0 Å². The van der Waals surface area contributed by atoms with Crippen LogP contribution in [0.5, 0.6) is 0 Å². The van der Waals surface area contributed by atoms with Gasteiger partial charge in [0.1, 0.15) is 12.1 Å². The molecule has 0 spiro atoms. The van der Waals surface area contributed by atoms with Gasteiger partial charge in [-0.2, -0.15) is 0 Å². The Balaban J connectivity index is 1.50. The van der Waals surface area contributed by atoms with Crippen molar-refractivity contribution < 1.29 is 14.4 Å². The average Bonchev–Trinajstić information content (AvgIpc) is 3.37. The molecule has 0 aromatic heterocycles. The van der Waals surface area contributed by atoms with E-state index in [2.05, 4.69) is 10.6 Å². The highest BCUT2D eigenvalue weighted by atomic mass is 16.2. The normalized spacial score (nSPS) is 16.1. The van der Waals surface area contributed by atoms with E-state index in [0.29, 0.717) is 30.6 Å². The van der Waals surface area contributed by atoms with Crippen molar-refractivity contribution in [2.75, 3.05) is 6.54 Å². The number of hydrogen-bond donors (Lipinski definition) is 2. The summed E-state index contributed by atoms with van der Waals surface area (Å²) in [5, 5.41) is 5.83. The fourth-order valence-electron chi connectivity index (χ4n) is 4.11. The van der Waals surface area contributed by atoms with Gasteiger partial charge in [-0.3, -0.25) is 14.4 Å². The van der Waals surface area contributed by atoms with Crippen molar-refractivity contribution in [3.63, 3.8) is 0 Å². The molecule has 1 fully saturated rings. The fraction of sp³-hybridized carbons (Fsp3) is 0.222. The molecular weight excluding hydrogens is 414 g/mol. The third kappa shape index (κ3) is 5.47. The second-order valence-electron chi connectivity index (χ2n) is 8.08. The molecule has 1 aliphatic rings. The van der Waals surface area contributed by atoms with Crippen LogP contribution in [0.25, 0.3) is 0 Å². The lowest BCUT2D eigenvalue weighted by Gasteiger charge is -2.29. The second-order valence-corrected chi connectivity index (χ2v) is 8.08. The van der Waals surface area contributed by atoms with E-state index in [1.807, 2.05) is 66.7 Å². The van der Waals surface area contributed by atoms with Gasteiger partial charge in [-0.05, 0) is 36.1 Å². The highest BCUT2D eigenvalue weighted by Crippen LogP contribution is 2.24. The van der Waals surface area contributed by atoms with Crippen molar-refractivity contribution in [1.82, 2.24) is 15.5 Å². The predicted molar refractivity (Wildman–Crippen MR) is 126 cm³/mol. The summed E-state index contributed by atoms with van der Waals surface area (Å²) in [6, 6.07) is 26.2. The maximum Gasteiger partial charge on any atom is 0.252 e. The first-order valence-corrected chi connectivity index (χ1v) is 11.2. The average molecular weight is 442 g/mol. The van der Waals surface area contributed by atoms with Gasteiger partial charge in [0, 0.05) is 18.7 Å². The quantitative estimate of drug-likeness (QED) is 0.589. The van der Waals surface area contributed by atoms with Gasteiger partial charge in [0.05, 0.1) is 0 Å². The van der Waals surface area contributed by atoms with E-state index in [0.717, 1.165) is 12.0 Å². The zero-order valence-electron chi connectivity index (χ0n) is 18.3. The number of nitrogens with one attached hydrogen (secondary N) is 2. The maximum absolute atomic E-state index is 13.6. The summed E-state index contributed by atoms with van der Waals surface area (Å²) in [5.74, 6) is -0.782. The molecule has 0 aliphatic carbocycles. The van der Waals surface area contributed by atoms with E-state index < -0.39 is 12.1 Å². The lowest BCUT2D eigenvalue weighted by Crippen LogP contribution is -2.50. The Labute approximate surface area is 193 Å². The minimum atomic E-state index is -0.874. The predicted octanol–water partition coefficient (Wildman–Crippen LogP) is 3.47. The molecule has 0 radical (unpaired) electrons. The highest BCUT2D eigenvalue weighted by Gasteiger charge is 2.38. The molecule has 33 heavy (non-hydrogen) atoms. The summed E-state index contributed by atoms with van der Waals surface area (Å²) in [7, 11) is 0. The number of carbonyl (C=O) groups is 3. The molecule has 6 nitrogen and oxygen atoms in total. The minimum Gasteiger partial charge on any atom is -0.350 e. The standard InChI is InChI=1S/C27H27N3O3/c31-25(22-15-8-3-9-16-22)29-24(21-13-6-2-7-14-21)27(33)30-18-10-17-23(30)26(32)28-19-20-11-4-1-5-12-20/h1-9,11-16,23-24H,10,17-19H2,(H,28,32)(H,29,31)/t23-,24-/m0/s1. The Morgan fingerprint density at radius 2 is 1.45 bits per heavy atom. The Morgan fingerprint density at radius 3 is 2.12 bits per heavy atom. The van der Waals surface area contributed by atoms with Crippen molar-refractivity contribution in [3.05, 3.63) is 108 Å². The van der Waals surface area contributed by atoms with Crippen molar-refractivity contribution in [2.24, 2.45) is 0 Å². The molecule has 1 saturated heterocycles. The van der Waals surface area contributed by atoms with Gasteiger partial charge in [-0.1, -0.05) is 78.9 Å². The molecule has 3 aromatic carbocycles. The number of nitrogens with zero attached hydrogens (tertiary/aromatic N) is 1. The molecule has 4 rings (SSSR count). The largest absolute Gasteiger partial charge is 0.350 e. The van der Waals surface area contributed by atoms with Crippen LogP contribution in [0.15, 0.2) is 91.0 Å². The first kappa shape index (κ1) is 22.3. The van der Waals surface area contributed by atoms with Crippen molar-refractivity contribution >= 4 is 17.7 Å². The van der Waals surface area contributed by atoms with Gasteiger partial charge in [-0.25, -0.2) is 0 Å². The van der Waals surface area contributed by atoms with Gasteiger partial charge < -0.3 is 15.5 Å². The smallest absolute Gasteiger partial charge is 0.252 e. The SMILES string of the molecule is O=C(N[C@H](C(=O)N1CCC[C@H]1C(=O)NCc1ccccc1)c1ccccc1)c1ccccc1. The van der Waals surface area contributed by atoms with Crippen LogP contribution in [-0.2, 0) is 16.1 Å². The number of benzene rings is 3. The minimum absolute atomic E-state index is 0.175. The Bertz CT molecular complexity index is 1090. The van der Waals surface area contributed by atoms with Crippen LogP contribution < -0.4 is 10.6 Å². The number of hydrogen-bond acceptors (Lipinski definition) is 3. The van der Waals surface area contributed by atoms with Gasteiger partial charge >= 0.3 is 0 Å². The van der Waals surface area contributed by atoms with Crippen LogP contribution in [0.1, 0.15) is 40.4 Å². The molecule has 168 valence electrons. The van der Waals surface area contributed by atoms with Crippen LogP contribution in [-0.4, -0.2) is 35.2 Å². The third-order valence-electron chi connectivity index (χ3n) is 5.84. The summed E-state index contributed by atoms with van der Waals surface area (Å²) in [6.07, 6.45) is 1.34. The van der Waals surface area contributed by atoms with Gasteiger partial charge in [0.15, 0.2) is 0 Å². The molecule has 3 amide bonds. The second kappa shape index (κ2) is 10.6. The lowest BCUT2D eigenvalue weighted by molar-refractivity contribution is -0.140. The fourth-order valence-corrected chi connectivity index (χ4v) is 4.11. The molecule has 2 N–H and O–H groups in total. The molecule has 1 aliphatic heterocycles. The van der Waals surface area contributed by atoms with Crippen molar-refractivity contribution in [2.45, 2.75) is 31.5 Å². The molecular formula is C27H27N3O3. The van der Waals surface area contributed by atoms with Gasteiger partial charge in [-0.15, -0.1) is 0 Å². The number of amides is 3. The zero-order chi connectivity index (χ0) is 23.0. The van der Waals surface area contributed by atoms with E-state index in [1.165, 1.54) is 0 Å². The Morgan fingerprint density at radius 1 is 0.848 bits per heavy atom. The Kier molecular flexibility index (Phi) is 7.15. The van der Waals surface area contributed by atoms with Crippen LogP contribution >= 0.6 is 0 Å². The monoisotopic (exact) mass is 441 g/mol. The van der Waals surface area contributed by atoms with E-state index in [4.69, 9.17) is 0 Å². The molecule has 0 unspecified atom stereocenters. The van der Waals surface area contributed by atoms with Gasteiger partial charge in [0.2, 0.25) is 11.8 Å². The number of rotatable bonds is 7. The van der Waals surface area contributed by atoms with Crippen LogP contribution in [0.2, 0.25) is 0 Å². The molecule has 0 bridgehead atoms. The van der Waals surface area contributed by atoms with Crippen LogP contribution in [0.4, 0.5) is 0 Å². The molecule has 0 saturated carbocycles. The molecule has 3 aromatic rings. The zero-order valence-corrected chi connectivity index (χ0v) is 18.3. The molecule has 6 heteroatoms. The molecule has 1 heterocycles. The summed E-state index contributed by atoms with van der Waals surface area (Å²) < 4.78 is 0. The summed E-state index contributed by atoms with van der Waals surface area (Å²) in [6.45, 7) is 0.887. The number of likely N-dealkylation sites (tertiary alicyclic amines) is 1. The van der Waals surface area contributed by atoms with E-state index in [1.54, 1.807) is 29.2 Å².